The lowest BCUT2D eigenvalue weighted by Gasteiger charge is -2.04. The Balaban J connectivity index is 1.64. The van der Waals surface area contributed by atoms with Gasteiger partial charge < -0.3 is 5.32 Å². The topological polar surface area (TPSA) is 29.1 Å². The number of fused-ring (bicyclic) bond motifs is 1. The zero-order valence-electron chi connectivity index (χ0n) is 10.8. The van der Waals surface area contributed by atoms with Crippen molar-refractivity contribution < 1.29 is 4.79 Å². The molecule has 0 unspecified atom stereocenters. The van der Waals surface area contributed by atoms with Crippen LogP contribution in [0.25, 0.3) is 0 Å². The maximum absolute atomic E-state index is 12.3. The molecule has 1 fully saturated rings. The van der Waals surface area contributed by atoms with E-state index in [1.807, 2.05) is 12.1 Å². The monoisotopic (exact) mass is 275 g/mol. The van der Waals surface area contributed by atoms with Gasteiger partial charge in [0.15, 0.2) is 0 Å². The molecule has 0 bridgehead atoms. The third-order valence-electron chi connectivity index (χ3n) is 4.16. The molecule has 1 aromatic rings. The van der Waals surface area contributed by atoms with Gasteiger partial charge in [0, 0.05) is 16.6 Å². The van der Waals surface area contributed by atoms with Crippen molar-refractivity contribution in [2.75, 3.05) is 5.32 Å². The molecule has 100 valence electrons. The summed E-state index contributed by atoms with van der Waals surface area (Å²) in [5.41, 5.74) is 0.831. The number of amides is 1. The maximum Gasteiger partial charge on any atom is 0.228 e. The van der Waals surface area contributed by atoms with Crippen molar-refractivity contribution >= 4 is 23.2 Å². The zero-order chi connectivity index (χ0) is 13.2. The summed E-state index contributed by atoms with van der Waals surface area (Å²) in [5, 5.41) is 3.69. The van der Waals surface area contributed by atoms with Crippen LogP contribution in [-0.4, -0.2) is 5.91 Å². The molecular formula is C16H18ClNO. The highest BCUT2D eigenvalue weighted by molar-refractivity contribution is 6.30. The van der Waals surface area contributed by atoms with Crippen molar-refractivity contribution in [1.29, 1.82) is 0 Å². The molecule has 2 nitrogen and oxygen atoms in total. The summed E-state index contributed by atoms with van der Waals surface area (Å²) < 4.78 is 0. The summed E-state index contributed by atoms with van der Waals surface area (Å²) in [5.74, 6) is 1.35. The van der Waals surface area contributed by atoms with Gasteiger partial charge in [0.2, 0.25) is 5.91 Å². The third-order valence-corrected chi connectivity index (χ3v) is 4.41. The molecule has 1 aromatic carbocycles. The summed E-state index contributed by atoms with van der Waals surface area (Å²) in [7, 11) is 0. The number of nitrogens with one attached hydrogen (secondary N) is 1. The van der Waals surface area contributed by atoms with E-state index in [1.165, 1.54) is 19.3 Å². The van der Waals surface area contributed by atoms with Gasteiger partial charge in [0.05, 0.1) is 0 Å². The van der Waals surface area contributed by atoms with Crippen LogP contribution in [0, 0.1) is 17.8 Å². The molecule has 3 atom stereocenters. The second kappa shape index (κ2) is 5.38. The second-order valence-electron chi connectivity index (χ2n) is 5.48. The van der Waals surface area contributed by atoms with E-state index >= 15 is 0 Å². The van der Waals surface area contributed by atoms with E-state index in [9.17, 15) is 4.79 Å². The average molecular weight is 276 g/mol. The Morgan fingerprint density at radius 3 is 2.79 bits per heavy atom. The Labute approximate surface area is 118 Å². The first-order valence-corrected chi connectivity index (χ1v) is 7.36. The van der Waals surface area contributed by atoms with Crippen LogP contribution >= 0.6 is 11.6 Å². The van der Waals surface area contributed by atoms with Crippen molar-refractivity contribution in [3.63, 3.8) is 0 Å². The molecule has 3 rings (SSSR count). The fourth-order valence-electron chi connectivity index (χ4n) is 3.06. The van der Waals surface area contributed by atoms with Gasteiger partial charge in [-0.15, -0.1) is 0 Å². The van der Waals surface area contributed by atoms with Gasteiger partial charge in [-0.1, -0.05) is 30.2 Å². The molecule has 1 N–H and O–H groups in total. The Bertz CT molecular complexity index is 494. The minimum atomic E-state index is 0.156. The molecule has 0 aromatic heterocycles. The predicted octanol–water partition coefficient (Wildman–Crippen LogP) is 4.27. The molecule has 0 spiro atoms. The lowest BCUT2D eigenvalue weighted by atomic mass is 10.1. The van der Waals surface area contributed by atoms with Crippen molar-refractivity contribution in [3.8, 4) is 0 Å². The quantitative estimate of drug-likeness (QED) is 0.803. The van der Waals surface area contributed by atoms with Crippen molar-refractivity contribution in [3.05, 3.63) is 41.4 Å². The lowest BCUT2D eigenvalue weighted by molar-refractivity contribution is -0.117. The maximum atomic E-state index is 12.3. The summed E-state index contributed by atoms with van der Waals surface area (Å²) >= 11 is 5.84. The smallest absolute Gasteiger partial charge is 0.228 e. The fraction of sp³-hybridized carbons (Fsp3) is 0.438. The molecule has 0 aliphatic heterocycles. The van der Waals surface area contributed by atoms with Crippen LogP contribution in [-0.2, 0) is 4.79 Å². The van der Waals surface area contributed by atoms with Crippen LogP contribution in [0.2, 0.25) is 5.02 Å². The van der Waals surface area contributed by atoms with Crippen molar-refractivity contribution in [2.24, 2.45) is 17.8 Å². The number of allylic oxidation sites excluding steroid dienone is 2. The summed E-state index contributed by atoms with van der Waals surface area (Å²) in [6, 6.07) is 7.29. The number of hydrogen-bond acceptors (Lipinski definition) is 1. The summed E-state index contributed by atoms with van der Waals surface area (Å²) in [6.45, 7) is 0. The minimum absolute atomic E-state index is 0.156. The van der Waals surface area contributed by atoms with E-state index in [-0.39, 0.29) is 11.8 Å². The van der Waals surface area contributed by atoms with Crippen LogP contribution in [0.3, 0.4) is 0 Å². The molecule has 2 aliphatic carbocycles. The SMILES string of the molecule is O=C(Nc1ccc(Cl)cc1)[C@H]1[C@H]2C=CCCCC[C@@H]21. The predicted molar refractivity (Wildman–Crippen MR) is 78.2 cm³/mol. The van der Waals surface area contributed by atoms with Crippen molar-refractivity contribution in [2.45, 2.75) is 25.7 Å². The van der Waals surface area contributed by atoms with Gasteiger partial charge in [0.1, 0.15) is 0 Å². The first kappa shape index (κ1) is 12.7. The number of halogens is 1. The zero-order valence-corrected chi connectivity index (χ0v) is 11.6. The molecule has 1 saturated carbocycles. The molecule has 2 aliphatic rings. The van der Waals surface area contributed by atoms with Gasteiger partial charge >= 0.3 is 0 Å². The van der Waals surface area contributed by atoms with Gasteiger partial charge in [-0.2, -0.15) is 0 Å². The largest absolute Gasteiger partial charge is 0.326 e. The Kier molecular flexibility index (Phi) is 3.61. The van der Waals surface area contributed by atoms with Gasteiger partial charge in [0.25, 0.3) is 0 Å². The van der Waals surface area contributed by atoms with Crippen LogP contribution in [0.4, 0.5) is 5.69 Å². The molecule has 1 amide bonds. The number of rotatable bonds is 2. The Hall–Kier alpha value is -1.28. The molecule has 3 heteroatoms. The van der Waals surface area contributed by atoms with E-state index < -0.39 is 0 Å². The van der Waals surface area contributed by atoms with Crippen LogP contribution in [0.15, 0.2) is 36.4 Å². The van der Waals surface area contributed by atoms with Gasteiger partial charge in [-0.05, 0) is 55.4 Å². The molecule has 0 saturated heterocycles. The fourth-order valence-corrected chi connectivity index (χ4v) is 3.18. The Morgan fingerprint density at radius 1 is 1.21 bits per heavy atom. The minimum Gasteiger partial charge on any atom is -0.326 e. The first-order chi connectivity index (χ1) is 9.25. The highest BCUT2D eigenvalue weighted by Crippen LogP contribution is 2.51. The van der Waals surface area contributed by atoms with Crippen LogP contribution in [0.1, 0.15) is 25.7 Å². The highest BCUT2D eigenvalue weighted by Gasteiger charge is 2.52. The second-order valence-corrected chi connectivity index (χ2v) is 5.91. The van der Waals surface area contributed by atoms with E-state index in [0.717, 1.165) is 12.1 Å². The van der Waals surface area contributed by atoms with E-state index in [2.05, 4.69) is 17.5 Å². The number of carbonyl (C=O) groups excluding carboxylic acids is 1. The lowest BCUT2D eigenvalue weighted by Crippen LogP contribution is -2.15. The number of carbonyl (C=O) groups is 1. The standard InChI is InChI=1S/C16H18ClNO/c17-11-7-9-12(10-8-11)18-16(19)15-13-5-3-1-2-4-6-14(13)15/h3,5,7-10,13-15H,1-2,4,6H2,(H,18,19)/t13-,14-,15-/m0/s1. The first-order valence-electron chi connectivity index (χ1n) is 6.99. The van der Waals surface area contributed by atoms with E-state index in [0.29, 0.717) is 16.9 Å². The normalized spacial score (nSPS) is 29.0. The number of benzene rings is 1. The average Bonchev–Trinajstić information content (AvgIpc) is 3.03. The summed E-state index contributed by atoms with van der Waals surface area (Å²) in [6.07, 6.45) is 9.34. The number of hydrogen-bond donors (Lipinski definition) is 1. The van der Waals surface area contributed by atoms with Crippen LogP contribution < -0.4 is 5.32 Å². The highest BCUT2D eigenvalue weighted by atomic mass is 35.5. The van der Waals surface area contributed by atoms with E-state index in [1.54, 1.807) is 12.1 Å². The third kappa shape index (κ3) is 2.84. The molecular weight excluding hydrogens is 258 g/mol. The van der Waals surface area contributed by atoms with Crippen molar-refractivity contribution in [1.82, 2.24) is 0 Å². The Morgan fingerprint density at radius 2 is 2.00 bits per heavy atom. The van der Waals surface area contributed by atoms with Gasteiger partial charge in [-0.3, -0.25) is 4.79 Å². The summed E-state index contributed by atoms with van der Waals surface area (Å²) in [4.78, 5) is 12.3. The molecule has 0 radical (unpaired) electrons. The van der Waals surface area contributed by atoms with E-state index in [4.69, 9.17) is 11.6 Å². The van der Waals surface area contributed by atoms with Gasteiger partial charge in [-0.25, -0.2) is 0 Å². The van der Waals surface area contributed by atoms with Crippen LogP contribution in [0.5, 0.6) is 0 Å². The number of anilines is 1. The molecule has 19 heavy (non-hydrogen) atoms. The molecule has 0 heterocycles.